The van der Waals surface area contributed by atoms with Crippen LogP contribution in [-0.4, -0.2) is 36.0 Å². The third kappa shape index (κ3) is 3.19. The molecule has 1 aliphatic rings. The number of benzene rings is 1. The molecule has 1 N–H and O–H groups in total. The third-order valence-electron chi connectivity index (χ3n) is 3.80. The maximum Gasteiger partial charge on any atom is 0.143 e. The molecular weight excluding hydrogens is 264 g/mol. The van der Waals surface area contributed by atoms with Gasteiger partial charge in [-0.1, -0.05) is 12.1 Å². The number of rotatable bonds is 4. The van der Waals surface area contributed by atoms with Crippen molar-refractivity contribution in [1.82, 2.24) is 15.1 Å². The van der Waals surface area contributed by atoms with Crippen LogP contribution in [0.15, 0.2) is 30.3 Å². The fourth-order valence-corrected chi connectivity index (χ4v) is 2.70. The van der Waals surface area contributed by atoms with Gasteiger partial charge in [-0.05, 0) is 25.1 Å². The minimum Gasteiger partial charge on any atom is -0.485 e. The summed E-state index contributed by atoms with van der Waals surface area (Å²) in [5.41, 5.74) is 3.28. The zero-order chi connectivity index (χ0) is 14.7. The van der Waals surface area contributed by atoms with Crippen LogP contribution < -0.4 is 15.0 Å². The van der Waals surface area contributed by atoms with Crippen LogP contribution in [0, 0.1) is 6.92 Å². The first-order chi connectivity index (χ1) is 10.2. The van der Waals surface area contributed by atoms with Crippen molar-refractivity contribution < 1.29 is 4.74 Å². The molecule has 3 rings (SSSR count). The van der Waals surface area contributed by atoms with Crippen LogP contribution in [0.4, 0.5) is 5.69 Å². The molecule has 0 radical (unpaired) electrons. The minimum atomic E-state index is 0.542. The summed E-state index contributed by atoms with van der Waals surface area (Å²) >= 11 is 0. The summed E-state index contributed by atoms with van der Waals surface area (Å²) < 4.78 is 7.93. The predicted molar refractivity (Wildman–Crippen MR) is 83.8 cm³/mol. The van der Waals surface area contributed by atoms with Crippen molar-refractivity contribution in [2.75, 3.05) is 31.1 Å². The van der Waals surface area contributed by atoms with Crippen LogP contribution in [-0.2, 0) is 13.7 Å². The number of aryl methyl sites for hydroxylation is 2. The molecule has 112 valence electrons. The van der Waals surface area contributed by atoms with Crippen molar-refractivity contribution in [3.63, 3.8) is 0 Å². The van der Waals surface area contributed by atoms with Crippen molar-refractivity contribution in [3.05, 3.63) is 41.7 Å². The molecule has 2 heterocycles. The van der Waals surface area contributed by atoms with Gasteiger partial charge in [-0.3, -0.25) is 4.68 Å². The molecule has 0 spiro atoms. The van der Waals surface area contributed by atoms with E-state index in [1.54, 1.807) is 0 Å². The van der Waals surface area contributed by atoms with Crippen molar-refractivity contribution in [2.24, 2.45) is 7.05 Å². The standard InChI is InChI=1S/C16H22N4O/c1-13-11-14(19(2)18-13)12-21-16-6-4-3-5-15(16)20-9-7-17-8-10-20/h3-6,11,17H,7-10,12H2,1-2H3. The topological polar surface area (TPSA) is 42.3 Å². The maximum absolute atomic E-state index is 6.05. The molecule has 5 nitrogen and oxygen atoms in total. The summed E-state index contributed by atoms with van der Waals surface area (Å²) in [4.78, 5) is 2.38. The molecule has 5 heteroatoms. The molecule has 1 saturated heterocycles. The van der Waals surface area contributed by atoms with Gasteiger partial charge in [-0.25, -0.2) is 0 Å². The van der Waals surface area contributed by atoms with Gasteiger partial charge in [0.1, 0.15) is 12.4 Å². The number of ether oxygens (including phenoxy) is 1. The van der Waals surface area contributed by atoms with E-state index >= 15 is 0 Å². The van der Waals surface area contributed by atoms with Crippen LogP contribution in [0.3, 0.4) is 0 Å². The van der Waals surface area contributed by atoms with Crippen molar-refractivity contribution >= 4 is 5.69 Å². The second-order valence-corrected chi connectivity index (χ2v) is 5.39. The molecule has 1 fully saturated rings. The van der Waals surface area contributed by atoms with E-state index in [9.17, 15) is 0 Å². The monoisotopic (exact) mass is 286 g/mol. The minimum absolute atomic E-state index is 0.542. The fourth-order valence-electron chi connectivity index (χ4n) is 2.70. The fraction of sp³-hybridized carbons (Fsp3) is 0.438. The number of aromatic nitrogens is 2. The Hall–Kier alpha value is -2.01. The molecule has 1 aromatic heterocycles. The normalized spacial score (nSPS) is 15.2. The van der Waals surface area contributed by atoms with Gasteiger partial charge in [0.05, 0.1) is 17.1 Å². The Bertz CT molecular complexity index is 602. The van der Waals surface area contributed by atoms with Gasteiger partial charge in [-0.2, -0.15) is 5.10 Å². The molecule has 21 heavy (non-hydrogen) atoms. The number of hydrogen-bond acceptors (Lipinski definition) is 4. The lowest BCUT2D eigenvalue weighted by atomic mass is 10.2. The number of piperazine rings is 1. The zero-order valence-electron chi connectivity index (χ0n) is 12.7. The Morgan fingerprint density at radius 2 is 2.00 bits per heavy atom. The summed E-state index contributed by atoms with van der Waals surface area (Å²) in [6.45, 7) is 6.62. The first-order valence-corrected chi connectivity index (χ1v) is 7.41. The third-order valence-corrected chi connectivity index (χ3v) is 3.80. The lowest BCUT2D eigenvalue weighted by Crippen LogP contribution is -2.43. The van der Waals surface area contributed by atoms with Crippen LogP contribution in [0.25, 0.3) is 0 Å². The van der Waals surface area contributed by atoms with Gasteiger partial charge < -0.3 is 15.0 Å². The number of nitrogens with zero attached hydrogens (tertiary/aromatic N) is 3. The molecule has 0 bridgehead atoms. The highest BCUT2D eigenvalue weighted by atomic mass is 16.5. The summed E-state index contributed by atoms with van der Waals surface area (Å²) in [6, 6.07) is 10.3. The van der Waals surface area contributed by atoms with E-state index in [1.807, 2.05) is 30.8 Å². The second-order valence-electron chi connectivity index (χ2n) is 5.39. The Morgan fingerprint density at radius 3 is 2.71 bits per heavy atom. The van der Waals surface area contributed by atoms with Crippen molar-refractivity contribution in [3.8, 4) is 5.75 Å². The molecule has 0 aliphatic carbocycles. The number of hydrogen-bond donors (Lipinski definition) is 1. The number of anilines is 1. The van der Waals surface area contributed by atoms with Crippen LogP contribution >= 0.6 is 0 Å². The van der Waals surface area contributed by atoms with E-state index in [-0.39, 0.29) is 0 Å². The van der Waals surface area contributed by atoms with Gasteiger partial charge in [0.2, 0.25) is 0 Å². The average molecular weight is 286 g/mol. The predicted octanol–water partition coefficient (Wildman–Crippen LogP) is 1.72. The van der Waals surface area contributed by atoms with E-state index in [2.05, 4.69) is 33.5 Å². The molecule has 1 aliphatic heterocycles. The molecule has 1 aromatic carbocycles. The zero-order valence-corrected chi connectivity index (χ0v) is 12.7. The first kappa shape index (κ1) is 13.9. The van der Waals surface area contributed by atoms with Gasteiger partial charge in [0.15, 0.2) is 0 Å². The van der Waals surface area contributed by atoms with Crippen molar-refractivity contribution in [1.29, 1.82) is 0 Å². The molecule has 0 unspecified atom stereocenters. The SMILES string of the molecule is Cc1cc(COc2ccccc2N2CCNCC2)n(C)n1. The highest BCUT2D eigenvalue weighted by Crippen LogP contribution is 2.28. The summed E-state index contributed by atoms with van der Waals surface area (Å²) in [6.07, 6.45) is 0. The van der Waals surface area contributed by atoms with E-state index in [0.717, 1.165) is 43.3 Å². The van der Waals surface area contributed by atoms with Gasteiger partial charge in [0.25, 0.3) is 0 Å². The highest BCUT2D eigenvalue weighted by Gasteiger charge is 2.15. The van der Waals surface area contributed by atoms with Gasteiger partial charge in [0, 0.05) is 33.2 Å². The quantitative estimate of drug-likeness (QED) is 0.929. The van der Waals surface area contributed by atoms with E-state index in [0.29, 0.717) is 6.61 Å². The summed E-state index contributed by atoms with van der Waals surface area (Å²) in [5, 5.41) is 7.73. The Kier molecular flexibility index (Phi) is 4.10. The molecule has 2 aromatic rings. The maximum atomic E-state index is 6.05. The highest BCUT2D eigenvalue weighted by molar-refractivity contribution is 5.58. The Morgan fingerprint density at radius 1 is 1.24 bits per heavy atom. The molecule has 0 saturated carbocycles. The Labute approximate surface area is 125 Å². The van der Waals surface area contributed by atoms with Crippen LogP contribution in [0.5, 0.6) is 5.75 Å². The van der Waals surface area contributed by atoms with Crippen molar-refractivity contribution in [2.45, 2.75) is 13.5 Å². The van der Waals surface area contributed by atoms with Crippen LogP contribution in [0.1, 0.15) is 11.4 Å². The molecular formula is C16H22N4O. The van der Waals surface area contributed by atoms with Gasteiger partial charge in [-0.15, -0.1) is 0 Å². The summed E-state index contributed by atoms with van der Waals surface area (Å²) in [7, 11) is 1.95. The van der Waals surface area contributed by atoms with Gasteiger partial charge >= 0.3 is 0 Å². The number of para-hydroxylation sites is 2. The van der Waals surface area contributed by atoms with Crippen LogP contribution in [0.2, 0.25) is 0 Å². The smallest absolute Gasteiger partial charge is 0.143 e. The second kappa shape index (κ2) is 6.18. The lowest BCUT2D eigenvalue weighted by molar-refractivity contribution is 0.295. The first-order valence-electron chi connectivity index (χ1n) is 7.41. The van der Waals surface area contributed by atoms with E-state index in [4.69, 9.17) is 4.74 Å². The van der Waals surface area contributed by atoms with E-state index in [1.165, 1.54) is 5.69 Å². The number of nitrogens with one attached hydrogen (secondary N) is 1. The lowest BCUT2D eigenvalue weighted by Gasteiger charge is -2.30. The molecule has 0 amide bonds. The largest absolute Gasteiger partial charge is 0.485 e. The molecule has 0 atom stereocenters. The van der Waals surface area contributed by atoms with E-state index < -0.39 is 0 Å². The summed E-state index contributed by atoms with van der Waals surface area (Å²) in [5.74, 6) is 0.943. The average Bonchev–Trinajstić information content (AvgIpc) is 2.84. The Balaban J connectivity index is 1.74.